The lowest BCUT2D eigenvalue weighted by Gasteiger charge is -1.92. The molecule has 0 N–H and O–H groups in total. The van der Waals surface area contributed by atoms with E-state index in [0.717, 1.165) is 12.5 Å². The van der Waals surface area contributed by atoms with Gasteiger partial charge >= 0.3 is 0 Å². The maximum Gasteiger partial charge on any atom is 0.127 e. The first-order valence-electron chi connectivity index (χ1n) is 4.23. The van der Waals surface area contributed by atoms with Gasteiger partial charge in [0.15, 0.2) is 0 Å². The Hall–Kier alpha value is -1.07. The molecule has 1 aromatic rings. The van der Waals surface area contributed by atoms with Crippen molar-refractivity contribution < 1.29 is 8.78 Å². The van der Waals surface area contributed by atoms with E-state index in [2.05, 4.69) is 11.8 Å². The van der Waals surface area contributed by atoms with Gasteiger partial charge in [0, 0.05) is 23.9 Å². The van der Waals surface area contributed by atoms with E-state index in [4.69, 9.17) is 11.6 Å². The number of hydrogen-bond acceptors (Lipinski definition) is 0. The van der Waals surface area contributed by atoms with Gasteiger partial charge in [-0.1, -0.05) is 11.8 Å². The van der Waals surface area contributed by atoms with Gasteiger partial charge in [0.1, 0.15) is 11.6 Å². The highest BCUT2D eigenvalue weighted by Crippen LogP contribution is 2.06. The van der Waals surface area contributed by atoms with Crippen molar-refractivity contribution in [1.29, 1.82) is 0 Å². The molecule has 0 heterocycles. The van der Waals surface area contributed by atoms with Crippen molar-refractivity contribution >= 4 is 11.6 Å². The maximum absolute atomic E-state index is 12.7. The minimum Gasteiger partial charge on any atom is -0.207 e. The topological polar surface area (TPSA) is 0 Å². The highest BCUT2D eigenvalue weighted by Gasteiger charge is 1.96. The van der Waals surface area contributed by atoms with Gasteiger partial charge in [0.25, 0.3) is 0 Å². The number of unbranched alkanes of at least 4 members (excludes halogenated alkanes) is 1. The largest absolute Gasteiger partial charge is 0.207 e. The molecular formula is C11H9ClF2. The second kappa shape index (κ2) is 5.62. The first-order chi connectivity index (χ1) is 6.72. The van der Waals surface area contributed by atoms with E-state index in [9.17, 15) is 8.78 Å². The van der Waals surface area contributed by atoms with E-state index >= 15 is 0 Å². The van der Waals surface area contributed by atoms with Gasteiger partial charge < -0.3 is 0 Å². The number of benzene rings is 1. The zero-order valence-corrected chi connectivity index (χ0v) is 8.24. The SMILES string of the molecule is Fc1cc(F)cc(C#CCCCCl)c1. The van der Waals surface area contributed by atoms with E-state index in [1.165, 1.54) is 12.1 Å². The summed E-state index contributed by atoms with van der Waals surface area (Å²) in [6.07, 6.45) is 1.42. The average Bonchev–Trinajstić information content (AvgIpc) is 2.11. The summed E-state index contributed by atoms with van der Waals surface area (Å²) in [5.74, 6) is 4.80. The van der Waals surface area contributed by atoms with Crippen molar-refractivity contribution in [1.82, 2.24) is 0 Å². The van der Waals surface area contributed by atoms with E-state index in [-0.39, 0.29) is 0 Å². The van der Waals surface area contributed by atoms with Crippen LogP contribution >= 0.6 is 11.6 Å². The lowest BCUT2D eigenvalue weighted by Crippen LogP contribution is -1.82. The van der Waals surface area contributed by atoms with Crippen LogP contribution in [0.3, 0.4) is 0 Å². The molecule has 1 aromatic carbocycles. The lowest BCUT2D eigenvalue weighted by atomic mass is 10.2. The Labute approximate surface area is 86.9 Å². The fourth-order valence-corrected chi connectivity index (χ4v) is 1.08. The van der Waals surface area contributed by atoms with Crippen molar-refractivity contribution in [2.24, 2.45) is 0 Å². The fraction of sp³-hybridized carbons (Fsp3) is 0.273. The molecule has 74 valence electrons. The predicted octanol–water partition coefficient (Wildman–Crippen LogP) is 3.34. The lowest BCUT2D eigenvalue weighted by molar-refractivity contribution is 0.582. The number of alkyl halides is 1. The van der Waals surface area contributed by atoms with Gasteiger partial charge in [-0.3, -0.25) is 0 Å². The van der Waals surface area contributed by atoms with Gasteiger partial charge in [-0.15, -0.1) is 11.6 Å². The summed E-state index contributed by atoms with van der Waals surface area (Å²) in [5, 5.41) is 0. The van der Waals surface area contributed by atoms with Gasteiger partial charge in [0.05, 0.1) is 0 Å². The second-order valence-electron chi connectivity index (χ2n) is 2.75. The highest BCUT2D eigenvalue weighted by atomic mass is 35.5. The van der Waals surface area contributed by atoms with Crippen molar-refractivity contribution in [3.05, 3.63) is 35.4 Å². The molecule has 0 aliphatic carbocycles. The van der Waals surface area contributed by atoms with E-state index in [0.29, 0.717) is 17.9 Å². The first kappa shape index (κ1) is 11.0. The van der Waals surface area contributed by atoms with E-state index in [1.807, 2.05) is 0 Å². The number of hydrogen-bond donors (Lipinski definition) is 0. The molecule has 0 radical (unpaired) electrons. The van der Waals surface area contributed by atoms with Gasteiger partial charge in [-0.2, -0.15) is 0 Å². The minimum absolute atomic E-state index is 0.358. The zero-order valence-electron chi connectivity index (χ0n) is 7.49. The third-order valence-electron chi connectivity index (χ3n) is 1.53. The molecule has 0 fully saturated rings. The van der Waals surface area contributed by atoms with Crippen molar-refractivity contribution in [2.75, 3.05) is 5.88 Å². The average molecular weight is 215 g/mol. The van der Waals surface area contributed by atoms with Crippen LogP contribution < -0.4 is 0 Å². The molecule has 0 saturated carbocycles. The second-order valence-corrected chi connectivity index (χ2v) is 3.13. The Balaban J connectivity index is 2.69. The van der Waals surface area contributed by atoms with Crippen molar-refractivity contribution in [2.45, 2.75) is 12.8 Å². The summed E-state index contributed by atoms with van der Waals surface area (Å²) < 4.78 is 25.3. The van der Waals surface area contributed by atoms with Crippen LogP contribution in [0.4, 0.5) is 8.78 Å². The Kier molecular flexibility index (Phi) is 4.42. The molecule has 0 spiro atoms. The smallest absolute Gasteiger partial charge is 0.127 e. The summed E-state index contributed by atoms with van der Waals surface area (Å²) in [6.45, 7) is 0. The van der Waals surface area contributed by atoms with E-state index < -0.39 is 11.6 Å². The number of rotatable bonds is 2. The zero-order chi connectivity index (χ0) is 10.4. The quantitative estimate of drug-likeness (QED) is 0.403. The summed E-state index contributed by atoms with van der Waals surface area (Å²) >= 11 is 5.45. The molecule has 1 rings (SSSR count). The van der Waals surface area contributed by atoms with Crippen LogP contribution in [0.25, 0.3) is 0 Å². The molecule has 0 amide bonds. The van der Waals surface area contributed by atoms with Gasteiger partial charge in [0.2, 0.25) is 0 Å². The first-order valence-corrected chi connectivity index (χ1v) is 4.77. The summed E-state index contributed by atoms with van der Waals surface area (Å²) in [5.41, 5.74) is 0.358. The Bertz CT molecular complexity index is 343. The van der Waals surface area contributed by atoms with Crippen LogP contribution in [0.1, 0.15) is 18.4 Å². The fourth-order valence-electron chi connectivity index (χ4n) is 0.946. The van der Waals surface area contributed by atoms with Crippen LogP contribution in [0.15, 0.2) is 18.2 Å². The molecule has 3 heteroatoms. The molecule has 0 atom stereocenters. The van der Waals surface area contributed by atoms with Crippen LogP contribution in [-0.2, 0) is 0 Å². The van der Waals surface area contributed by atoms with Crippen molar-refractivity contribution in [3.63, 3.8) is 0 Å². The van der Waals surface area contributed by atoms with Crippen LogP contribution in [0.2, 0.25) is 0 Å². The summed E-state index contributed by atoms with van der Waals surface area (Å²) in [6, 6.07) is 3.23. The monoisotopic (exact) mass is 214 g/mol. The van der Waals surface area contributed by atoms with Crippen LogP contribution in [0, 0.1) is 23.5 Å². The molecule has 0 saturated heterocycles. The number of halogens is 3. The molecule has 14 heavy (non-hydrogen) atoms. The normalized spacial score (nSPS) is 9.36. The molecule has 0 unspecified atom stereocenters. The van der Waals surface area contributed by atoms with Crippen LogP contribution in [-0.4, -0.2) is 5.88 Å². The Morgan fingerprint density at radius 2 is 1.79 bits per heavy atom. The summed E-state index contributed by atoms with van der Waals surface area (Å²) in [7, 11) is 0. The molecular weight excluding hydrogens is 206 g/mol. The minimum atomic E-state index is -0.605. The maximum atomic E-state index is 12.7. The van der Waals surface area contributed by atoms with Crippen LogP contribution in [0.5, 0.6) is 0 Å². The Morgan fingerprint density at radius 3 is 2.36 bits per heavy atom. The predicted molar refractivity (Wildman–Crippen MR) is 53.2 cm³/mol. The van der Waals surface area contributed by atoms with Crippen molar-refractivity contribution in [3.8, 4) is 11.8 Å². The summed E-state index contributed by atoms with van der Waals surface area (Å²) in [4.78, 5) is 0. The molecule has 0 aliphatic rings. The van der Waals surface area contributed by atoms with Gasteiger partial charge in [-0.05, 0) is 18.6 Å². The third-order valence-corrected chi connectivity index (χ3v) is 1.80. The van der Waals surface area contributed by atoms with E-state index in [1.54, 1.807) is 0 Å². The third kappa shape index (κ3) is 3.76. The van der Waals surface area contributed by atoms with Gasteiger partial charge in [-0.25, -0.2) is 8.78 Å². The molecule has 0 bridgehead atoms. The molecule has 0 aliphatic heterocycles. The highest BCUT2D eigenvalue weighted by molar-refractivity contribution is 6.17. The Morgan fingerprint density at radius 1 is 1.14 bits per heavy atom. The molecule has 0 nitrogen and oxygen atoms in total. The molecule has 0 aromatic heterocycles. The standard InChI is InChI=1S/C11H9ClF2/c12-5-3-1-2-4-9-6-10(13)8-11(14)7-9/h6-8H,1,3,5H2.